The van der Waals surface area contributed by atoms with Gasteiger partial charge in [-0.15, -0.1) is 0 Å². The molecular weight excluding hydrogens is 330 g/mol. The summed E-state index contributed by atoms with van der Waals surface area (Å²) in [6.45, 7) is 3.92. The van der Waals surface area contributed by atoms with E-state index in [0.29, 0.717) is 18.1 Å². The summed E-state index contributed by atoms with van der Waals surface area (Å²) in [5.74, 6) is 0.560. The molecule has 1 atom stereocenters. The van der Waals surface area contributed by atoms with Crippen molar-refractivity contribution in [3.05, 3.63) is 49.1 Å². The number of sulfonamides is 1. The molecule has 1 N–H and O–H groups in total. The largest absolute Gasteiger partial charge is 0.449 e. The van der Waals surface area contributed by atoms with Crippen molar-refractivity contribution < 1.29 is 12.8 Å². The molecule has 0 fully saturated rings. The highest BCUT2D eigenvalue weighted by Crippen LogP contribution is 2.20. The third-order valence-corrected chi connectivity index (χ3v) is 4.97. The van der Waals surface area contributed by atoms with Gasteiger partial charge in [0.15, 0.2) is 5.89 Å². The average molecular weight is 347 g/mol. The summed E-state index contributed by atoms with van der Waals surface area (Å²) in [4.78, 5) is 8.24. The Bertz CT molecular complexity index is 901. The SMILES string of the molecule is Cc1nc(-c2ccc(S(=O)(=O)N[C@@H](C)Cn3cncn3)cc2)co1. The Morgan fingerprint density at radius 3 is 2.62 bits per heavy atom. The van der Waals surface area contributed by atoms with E-state index in [4.69, 9.17) is 4.42 Å². The maximum atomic E-state index is 12.4. The molecule has 0 aliphatic carbocycles. The van der Waals surface area contributed by atoms with E-state index >= 15 is 0 Å². The van der Waals surface area contributed by atoms with Gasteiger partial charge < -0.3 is 4.42 Å². The van der Waals surface area contributed by atoms with Crippen molar-refractivity contribution in [2.24, 2.45) is 0 Å². The van der Waals surface area contributed by atoms with Crippen LogP contribution in [0.1, 0.15) is 12.8 Å². The van der Waals surface area contributed by atoms with E-state index in [1.165, 1.54) is 12.6 Å². The van der Waals surface area contributed by atoms with Gasteiger partial charge in [-0.2, -0.15) is 5.10 Å². The van der Waals surface area contributed by atoms with Gasteiger partial charge >= 0.3 is 0 Å². The smallest absolute Gasteiger partial charge is 0.240 e. The van der Waals surface area contributed by atoms with Gasteiger partial charge in [0.2, 0.25) is 10.0 Å². The highest BCUT2D eigenvalue weighted by molar-refractivity contribution is 7.89. The second kappa shape index (κ2) is 6.54. The Hall–Kier alpha value is -2.52. The first-order valence-electron chi connectivity index (χ1n) is 7.31. The third-order valence-electron chi connectivity index (χ3n) is 3.36. The minimum atomic E-state index is -3.61. The van der Waals surface area contributed by atoms with Crippen LogP contribution in [0.2, 0.25) is 0 Å². The molecule has 9 heteroatoms. The van der Waals surface area contributed by atoms with Gasteiger partial charge in [0.25, 0.3) is 0 Å². The molecule has 2 aromatic heterocycles. The molecule has 0 bridgehead atoms. The van der Waals surface area contributed by atoms with Gasteiger partial charge in [0.1, 0.15) is 24.6 Å². The maximum absolute atomic E-state index is 12.4. The zero-order chi connectivity index (χ0) is 17.2. The van der Waals surface area contributed by atoms with Gasteiger partial charge in [-0.05, 0) is 19.1 Å². The van der Waals surface area contributed by atoms with E-state index in [1.807, 2.05) is 0 Å². The summed E-state index contributed by atoms with van der Waals surface area (Å²) in [5, 5.41) is 3.96. The fraction of sp³-hybridized carbons (Fsp3) is 0.267. The van der Waals surface area contributed by atoms with Crippen molar-refractivity contribution in [3.63, 3.8) is 0 Å². The van der Waals surface area contributed by atoms with Crippen LogP contribution in [0.3, 0.4) is 0 Å². The first-order chi connectivity index (χ1) is 11.4. The molecule has 3 aromatic rings. The minimum Gasteiger partial charge on any atom is -0.449 e. The summed E-state index contributed by atoms with van der Waals surface area (Å²) in [6, 6.07) is 6.17. The number of hydrogen-bond donors (Lipinski definition) is 1. The van der Waals surface area contributed by atoms with Gasteiger partial charge in [0.05, 0.1) is 11.4 Å². The Morgan fingerprint density at radius 1 is 1.29 bits per heavy atom. The van der Waals surface area contributed by atoms with E-state index in [0.717, 1.165) is 5.56 Å². The molecule has 0 unspecified atom stereocenters. The Balaban J connectivity index is 1.72. The maximum Gasteiger partial charge on any atom is 0.240 e. The number of aromatic nitrogens is 4. The monoisotopic (exact) mass is 347 g/mol. The molecule has 2 heterocycles. The van der Waals surface area contributed by atoms with Gasteiger partial charge in [0, 0.05) is 18.5 Å². The van der Waals surface area contributed by atoms with E-state index in [2.05, 4.69) is 19.8 Å². The second-order valence-electron chi connectivity index (χ2n) is 5.42. The molecule has 0 saturated heterocycles. The number of oxazole rings is 1. The molecule has 24 heavy (non-hydrogen) atoms. The van der Waals surface area contributed by atoms with Gasteiger partial charge in [-0.3, -0.25) is 4.68 Å². The van der Waals surface area contributed by atoms with Crippen molar-refractivity contribution in [1.82, 2.24) is 24.5 Å². The van der Waals surface area contributed by atoms with Crippen molar-refractivity contribution in [2.45, 2.75) is 31.3 Å². The van der Waals surface area contributed by atoms with Crippen molar-refractivity contribution in [2.75, 3.05) is 0 Å². The van der Waals surface area contributed by atoms with Crippen molar-refractivity contribution in [3.8, 4) is 11.3 Å². The molecule has 0 aliphatic rings. The first kappa shape index (κ1) is 16.3. The summed E-state index contributed by atoms with van der Waals surface area (Å²) in [7, 11) is -3.61. The van der Waals surface area contributed by atoms with E-state index in [9.17, 15) is 8.42 Å². The molecule has 0 radical (unpaired) electrons. The summed E-state index contributed by atoms with van der Waals surface area (Å²) < 4.78 is 34.2. The lowest BCUT2D eigenvalue weighted by Crippen LogP contribution is -2.35. The van der Waals surface area contributed by atoms with E-state index in [-0.39, 0.29) is 10.9 Å². The Kier molecular flexibility index (Phi) is 4.45. The van der Waals surface area contributed by atoms with Crippen LogP contribution in [0.5, 0.6) is 0 Å². The summed E-state index contributed by atoms with van der Waals surface area (Å²) in [5.41, 5.74) is 1.46. The third kappa shape index (κ3) is 3.69. The molecule has 0 amide bonds. The number of aryl methyl sites for hydroxylation is 1. The second-order valence-corrected chi connectivity index (χ2v) is 7.13. The van der Waals surface area contributed by atoms with Crippen LogP contribution in [-0.4, -0.2) is 34.2 Å². The Morgan fingerprint density at radius 2 is 2.04 bits per heavy atom. The quantitative estimate of drug-likeness (QED) is 0.726. The molecular formula is C15H17N5O3S. The van der Waals surface area contributed by atoms with Crippen molar-refractivity contribution >= 4 is 10.0 Å². The summed E-state index contributed by atoms with van der Waals surface area (Å²) in [6.07, 6.45) is 4.49. The number of nitrogens with one attached hydrogen (secondary N) is 1. The lowest BCUT2D eigenvalue weighted by molar-refractivity contribution is 0.493. The van der Waals surface area contributed by atoms with Crippen LogP contribution < -0.4 is 4.72 Å². The van der Waals surface area contributed by atoms with E-state index < -0.39 is 10.0 Å². The fourth-order valence-corrected chi connectivity index (χ4v) is 3.51. The minimum absolute atomic E-state index is 0.192. The first-order valence-corrected chi connectivity index (χ1v) is 8.80. The van der Waals surface area contributed by atoms with Gasteiger partial charge in [-0.25, -0.2) is 23.1 Å². The van der Waals surface area contributed by atoms with Crippen LogP contribution in [0.15, 0.2) is 52.5 Å². The topological polar surface area (TPSA) is 103 Å². The highest BCUT2D eigenvalue weighted by atomic mass is 32.2. The number of benzene rings is 1. The highest BCUT2D eigenvalue weighted by Gasteiger charge is 2.18. The fourth-order valence-electron chi connectivity index (χ4n) is 2.28. The molecule has 0 aliphatic heterocycles. The molecule has 1 aromatic carbocycles. The van der Waals surface area contributed by atoms with Crippen LogP contribution in [0.25, 0.3) is 11.3 Å². The number of rotatable bonds is 6. The standard InChI is InChI=1S/C15H17N5O3S/c1-11(7-20-10-16-9-17-20)19-24(21,22)14-5-3-13(4-6-14)15-8-23-12(2)18-15/h3-6,8-11,19H,7H2,1-2H3/t11-/m0/s1. The van der Waals surface area contributed by atoms with Crippen LogP contribution >= 0.6 is 0 Å². The molecule has 3 rings (SSSR count). The summed E-state index contributed by atoms with van der Waals surface area (Å²) >= 11 is 0. The zero-order valence-corrected chi connectivity index (χ0v) is 14.1. The van der Waals surface area contributed by atoms with Gasteiger partial charge in [-0.1, -0.05) is 12.1 Å². The van der Waals surface area contributed by atoms with E-state index in [1.54, 1.807) is 49.1 Å². The normalized spacial score (nSPS) is 13.1. The molecule has 126 valence electrons. The predicted molar refractivity (Wildman–Crippen MR) is 86.5 cm³/mol. The van der Waals surface area contributed by atoms with Crippen LogP contribution in [-0.2, 0) is 16.6 Å². The molecule has 0 saturated carbocycles. The van der Waals surface area contributed by atoms with Crippen LogP contribution in [0.4, 0.5) is 0 Å². The predicted octanol–water partition coefficient (Wildman–Crippen LogP) is 1.61. The molecule has 8 nitrogen and oxygen atoms in total. The molecule has 0 spiro atoms. The van der Waals surface area contributed by atoms with Crippen molar-refractivity contribution in [1.29, 1.82) is 0 Å². The lowest BCUT2D eigenvalue weighted by Gasteiger charge is -2.14. The average Bonchev–Trinajstić information content (AvgIpc) is 3.18. The van der Waals surface area contributed by atoms with Crippen LogP contribution in [0, 0.1) is 6.92 Å². The zero-order valence-electron chi connectivity index (χ0n) is 13.2. The Labute approximate surface area is 139 Å². The number of nitrogens with zero attached hydrogens (tertiary/aromatic N) is 4. The lowest BCUT2D eigenvalue weighted by atomic mass is 10.2. The number of hydrogen-bond acceptors (Lipinski definition) is 6.